The van der Waals surface area contributed by atoms with Crippen molar-refractivity contribution in [2.24, 2.45) is 11.7 Å². The number of alkyl halides is 3. The summed E-state index contributed by atoms with van der Waals surface area (Å²) in [5.41, 5.74) is 5.84. The van der Waals surface area contributed by atoms with Crippen LogP contribution < -0.4 is 11.1 Å². The van der Waals surface area contributed by atoms with Crippen molar-refractivity contribution in [2.45, 2.75) is 50.4 Å². The molecule has 0 aromatic carbocycles. The van der Waals surface area contributed by atoms with Crippen LogP contribution in [-0.2, 0) is 4.79 Å². The molecule has 0 bridgehead atoms. The van der Waals surface area contributed by atoms with Crippen molar-refractivity contribution in [3.63, 3.8) is 0 Å². The van der Waals surface area contributed by atoms with E-state index in [9.17, 15) is 18.0 Å². The van der Waals surface area contributed by atoms with Gasteiger partial charge in [-0.25, -0.2) is 0 Å². The fraction of sp³-hybridized carbons (Fsp3) is 0.909. The van der Waals surface area contributed by atoms with E-state index in [0.717, 1.165) is 25.7 Å². The quantitative estimate of drug-likeness (QED) is 0.734. The molecule has 3 atom stereocenters. The van der Waals surface area contributed by atoms with Gasteiger partial charge in [0, 0.05) is 12.5 Å². The molecule has 1 saturated carbocycles. The van der Waals surface area contributed by atoms with Crippen LogP contribution in [0.5, 0.6) is 0 Å². The van der Waals surface area contributed by atoms with Gasteiger partial charge in [-0.15, -0.1) is 12.4 Å². The molecule has 114 valence electrons. The number of halogens is 4. The lowest BCUT2D eigenvalue weighted by Gasteiger charge is -2.28. The second kappa shape index (κ2) is 7.91. The zero-order chi connectivity index (χ0) is 13.8. The van der Waals surface area contributed by atoms with Crippen molar-refractivity contribution < 1.29 is 23.1 Å². The van der Waals surface area contributed by atoms with Gasteiger partial charge in [0.25, 0.3) is 0 Å². The highest BCUT2D eigenvalue weighted by molar-refractivity contribution is 5.85. The largest absolute Gasteiger partial charge is 0.416 e. The molecule has 0 spiro atoms. The summed E-state index contributed by atoms with van der Waals surface area (Å²) in [6.07, 6.45) is -3.37. The minimum atomic E-state index is -4.70. The van der Waals surface area contributed by atoms with Gasteiger partial charge >= 0.3 is 6.18 Å². The third-order valence-corrected chi connectivity index (χ3v) is 3.29. The number of hydrogen-bond donors (Lipinski definition) is 3. The van der Waals surface area contributed by atoms with Gasteiger partial charge in [-0.3, -0.25) is 4.79 Å². The lowest BCUT2D eigenvalue weighted by molar-refractivity contribution is -0.201. The van der Waals surface area contributed by atoms with Crippen LogP contribution in [0.2, 0.25) is 0 Å². The predicted octanol–water partition coefficient (Wildman–Crippen LogP) is 1.36. The van der Waals surface area contributed by atoms with Gasteiger partial charge < -0.3 is 16.2 Å². The first-order chi connectivity index (χ1) is 8.30. The Morgan fingerprint density at radius 1 is 1.37 bits per heavy atom. The van der Waals surface area contributed by atoms with Crippen molar-refractivity contribution in [3.05, 3.63) is 0 Å². The van der Waals surface area contributed by atoms with E-state index in [1.165, 1.54) is 0 Å². The summed E-state index contributed by atoms with van der Waals surface area (Å²) in [6.45, 7) is -0.801. The third-order valence-electron chi connectivity index (χ3n) is 3.29. The van der Waals surface area contributed by atoms with Gasteiger partial charge in [0.05, 0.1) is 6.54 Å². The molecule has 0 saturated heterocycles. The molecule has 0 radical (unpaired) electrons. The van der Waals surface area contributed by atoms with Crippen LogP contribution in [0.15, 0.2) is 0 Å². The lowest BCUT2D eigenvalue weighted by Crippen LogP contribution is -2.42. The molecule has 4 nitrogen and oxygen atoms in total. The molecule has 19 heavy (non-hydrogen) atoms. The number of carbonyl (C=O) groups excluding carboxylic acids is 1. The van der Waals surface area contributed by atoms with Crippen molar-refractivity contribution in [2.75, 3.05) is 6.54 Å². The molecule has 0 heterocycles. The molecule has 1 aliphatic carbocycles. The Hall–Kier alpha value is -0.530. The maximum Gasteiger partial charge on any atom is 0.416 e. The van der Waals surface area contributed by atoms with E-state index >= 15 is 0 Å². The minimum absolute atomic E-state index is 0. The van der Waals surface area contributed by atoms with E-state index in [1.54, 1.807) is 0 Å². The summed E-state index contributed by atoms with van der Waals surface area (Å²) in [6, 6.07) is -0.0583. The molecule has 8 heteroatoms. The highest BCUT2D eigenvalue weighted by Crippen LogP contribution is 2.25. The molecule has 1 fully saturated rings. The smallest absolute Gasteiger partial charge is 0.382 e. The van der Waals surface area contributed by atoms with Crippen LogP contribution in [0.4, 0.5) is 13.2 Å². The zero-order valence-electron chi connectivity index (χ0n) is 10.4. The first-order valence-corrected chi connectivity index (χ1v) is 6.07. The number of rotatable bonds is 4. The van der Waals surface area contributed by atoms with Crippen molar-refractivity contribution in [3.8, 4) is 0 Å². The van der Waals surface area contributed by atoms with E-state index < -0.39 is 24.7 Å². The number of hydrogen-bond acceptors (Lipinski definition) is 3. The molecule has 0 aromatic rings. The van der Waals surface area contributed by atoms with E-state index in [-0.39, 0.29) is 30.8 Å². The SMILES string of the molecule is Cl.NC1CCCCC1CC(=O)NCC(O)C(F)(F)F. The van der Waals surface area contributed by atoms with Gasteiger partial charge in [-0.05, 0) is 18.8 Å². The predicted molar refractivity (Wildman–Crippen MR) is 66.9 cm³/mol. The number of nitrogens with two attached hydrogens (primary N) is 1. The van der Waals surface area contributed by atoms with Crippen molar-refractivity contribution in [1.82, 2.24) is 5.32 Å². The fourth-order valence-electron chi connectivity index (χ4n) is 2.13. The summed E-state index contributed by atoms with van der Waals surface area (Å²) < 4.78 is 36.0. The molecular weight excluding hydrogens is 285 g/mol. The molecule has 0 aromatic heterocycles. The Bertz CT molecular complexity index is 290. The van der Waals surface area contributed by atoms with Crippen LogP contribution >= 0.6 is 12.4 Å². The second-order valence-electron chi connectivity index (χ2n) is 4.77. The molecule has 0 aliphatic heterocycles. The van der Waals surface area contributed by atoms with Crippen molar-refractivity contribution in [1.29, 1.82) is 0 Å². The maximum absolute atomic E-state index is 12.0. The van der Waals surface area contributed by atoms with Crippen LogP contribution in [0.25, 0.3) is 0 Å². The highest BCUT2D eigenvalue weighted by atomic mass is 35.5. The van der Waals surface area contributed by atoms with Gasteiger partial charge in [-0.2, -0.15) is 13.2 Å². The van der Waals surface area contributed by atoms with Crippen LogP contribution in [0.3, 0.4) is 0 Å². The molecule has 3 unspecified atom stereocenters. The topological polar surface area (TPSA) is 75.4 Å². The van der Waals surface area contributed by atoms with Gasteiger partial charge in [0.15, 0.2) is 6.10 Å². The third kappa shape index (κ3) is 6.44. The molecule has 4 N–H and O–H groups in total. The standard InChI is InChI=1S/C11H19F3N2O2.ClH/c12-11(13,14)9(17)6-16-10(18)5-7-3-1-2-4-8(7)15;/h7-9,17H,1-6,15H2,(H,16,18);1H. The van der Waals surface area contributed by atoms with Gasteiger partial charge in [0.2, 0.25) is 5.91 Å². The Balaban J connectivity index is 0.00000324. The molecule has 1 aliphatic rings. The lowest BCUT2D eigenvalue weighted by atomic mass is 9.83. The van der Waals surface area contributed by atoms with Crippen LogP contribution in [0, 0.1) is 5.92 Å². The molecule has 1 rings (SSSR count). The summed E-state index contributed by atoms with van der Waals surface area (Å²) in [5, 5.41) is 10.8. The summed E-state index contributed by atoms with van der Waals surface area (Å²) in [7, 11) is 0. The van der Waals surface area contributed by atoms with Gasteiger partial charge in [0.1, 0.15) is 0 Å². The van der Waals surface area contributed by atoms with Crippen LogP contribution in [-0.4, -0.2) is 35.9 Å². The first-order valence-electron chi connectivity index (χ1n) is 6.07. The zero-order valence-corrected chi connectivity index (χ0v) is 11.3. The van der Waals surface area contributed by atoms with E-state index in [2.05, 4.69) is 5.32 Å². The molecular formula is C11H20ClF3N2O2. The second-order valence-corrected chi connectivity index (χ2v) is 4.77. The average molecular weight is 305 g/mol. The van der Waals surface area contributed by atoms with Crippen molar-refractivity contribution >= 4 is 18.3 Å². The number of aliphatic hydroxyl groups excluding tert-OH is 1. The Morgan fingerprint density at radius 2 is 1.95 bits per heavy atom. The average Bonchev–Trinajstić information content (AvgIpc) is 2.27. The normalized spacial score (nSPS) is 25.3. The first kappa shape index (κ1) is 18.5. The number of carbonyl (C=O) groups is 1. The summed E-state index contributed by atoms with van der Waals surface area (Å²) in [4.78, 5) is 11.4. The minimum Gasteiger partial charge on any atom is -0.382 e. The maximum atomic E-state index is 12.0. The van der Waals surface area contributed by atoms with Gasteiger partial charge in [-0.1, -0.05) is 12.8 Å². The Morgan fingerprint density at radius 3 is 2.47 bits per heavy atom. The number of aliphatic hydroxyl groups is 1. The van der Waals surface area contributed by atoms with E-state index in [4.69, 9.17) is 10.8 Å². The Kier molecular flexibility index (Phi) is 7.69. The summed E-state index contributed by atoms with van der Waals surface area (Å²) in [5.74, 6) is -0.456. The fourth-order valence-corrected chi connectivity index (χ4v) is 2.13. The highest BCUT2D eigenvalue weighted by Gasteiger charge is 2.38. The van der Waals surface area contributed by atoms with E-state index in [1.807, 2.05) is 0 Å². The van der Waals surface area contributed by atoms with E-state index in [0.29, 0.717) is 0 Å². The number of nitrogens with one attached hydrogen (secondary N) is 1. The van der Waals surface area contributed by atoms with Crippen LogP contribution in [0.1, 0.15) is 32.1 Å². The number of amides is 1. The Labute approximate surface area is 116 Å². The summed E-state index contributed by atoms with van der Waals surface area (Å²) >= 11 is 0. The monoisotopic (exact) mass is 304 g/mol. The molecule has 1 amide bonds.